The molecule has 7 nitrogen and oxygen atoms in total. The van der Waals surface area contributed by atoms with Crippen molar-refractivity contribution in [3.05, 3.63) is 61.3 Å². The number of carbonyl (C=O) groups is 1. The van der Waals surface area contributed by atoms with Gasteiger partial charge in [0.15, 0.2) is 0 Å². The molecule has 1 saturated heterocycles. The highest BCUT2D eigenvalue weighted by atomic mass is 32.2. The molecule has 1 aliphatic heterocycles. The fourth-order valence-electron chi connectivity index (χ4n) is 3.04. The van der Waals surface area contributed by atoms with Gasteiger partial charge in [0.1, 0.15) is 10.6 Å². The van der Waals surface area contributed by atoms with Crippen molar-refractivity contribution >= 4 is 15.9 Å². The maximum atomic E-state index is 13.0. The Balaban J connectivity index is 1.73. The van der Waals surface area contributed by atoms with Crippen LogP contribution in [0.15, 0.2) is 66.2 Å². The fraction of sp³-hybridized carbons (Fsp3) is 0.300. The van der Waals surface area contributed by atoms with Gasteiger partial charge in [-0.1, -0.05) is 31.2 Å². The Labute approximate surface area is 165 Å². The van der Waals surface area contributed by atoms with Crippen molar-refractivity contribution in [3.63, 3.8) is 0 Å². The Morgan fingerprint density at radius 2 is 2.00 bits per heavy atom. The third-order valence-electron chi connectivity index (χ3n) is 4.48. The van der Waals surface area contributed by atoms with Gasteiger partial charge in [-0.25, -0.2) is 13.4 Å². The van der Waals surface area contributed by atoms with E-state index in [0.717, 1.165) is 19.3 Å². The summed E-state index contributed by atoms with van der Waals surface area (Å²) in [5.41, 5.74) is 0. The summed E-state index contributed by atoms with van der Waals surface area (Å²) >= 11 is 0. The lowest BCUT2D eigenvalue weighted by Gasteiger charge is -2.24. The maximum absolute atomic E-state index is 13.0. The molecule has 1 atom stereocenters. The number of pyridine rings is 1. The topological polar surface area (TPSA) is 88.6 Å². The molecular formula is C20H23N3O4S. The summed E-state index contributed by atoms with van der Waals surface area (Å²) in [5, 5.41) is 2.80. The third-order valence-corrected chi connectivity index (χ3v) is 6.33. The van der Waals surface area contributed by atoms with Crippen molar-refractivity contribution in [1.29, 1.82) is 0 Å². The lowest BCUT2D eigenvalue weighted by atomic mass is 10.1. The maximum Gasteiger partial charge on any atom is 0.244 e. The summed E-state index contributed by atoms with van der Waals surface area (Å²) in [6.45, 7) is 4.07. The fourth-order valence-corrected chi connectivity index (χ4v) is 4.51. The van der Waals surface area contributed by atoms with Gasteiger partial charge in [0.2, 0.25) is 21.8 Å². The number of para-hydroxylation sites is 1. The van der Waals surface area contributed by atoms with Crippen LogP contribution in [-0.2, 0) is 14.8 Å². The minimum atomic E-state index is -3.71. The van der Waals surface area contributed by atoms with Gasteiger partial charge in [0, 0.05) is 25.2 Å². The van der Waals surface area contributed by atoms with E-state index in [2.05, 4.69) is 16.9 Å². The van der Waals surface area contributed by atoms with Crippen molar-refractivity contribution in [1.82, 2.24) is 14.6 Å². The molecule has 0 saturated carbocycles. The second-order valence-corrected chi connectivity index (χ2v) is 8.45. The molecule has 1 fully saturated rings. The van der Waals surface area contributed by atoms with Crippen LogP contribution in [0.2, 0.25) is 0 Å². The number of hydrogen-bond acceptors (Lipinski definition) is 5. The van der Waals surface area contributed by atoms with E-state index in [9.17, 15) is 13.2 Å². The average Bonchev–Trinajstić information content (AvgIpc) is 2.95. The number of hydrogen-bond donors (Lipinski definition) is 1. The van der Waals surface area contributed by atoms with Gasteiger partial charge in [0.05, 0.1) is 6.20 Å². The van der Waals surface area contributed by atoms with E-state index in [1.165, 1.54) is 28.7 Å². The van der Waals surface area contributed by atoms with Gasteiger partial charge < -0.3 is 10.1 Å². The Kier molecular flexibility index (Phi) is 6.43. The van der Waals surface area contributed by atoms with Crippen molar-refractivity contribution < 1.29 is 17.9 Å². The predicted molar refractivity (Wildman–Crippen MR) is 105 cm³/mol. The Morgan fingerprint density at radius 3 is 2.68 bits per heavy atom. The van der Waals surface area contributed by atoms with Crippen LogP contribution in [0.4, 0.5) is 0 Å². The van der Waals surface area contributed by atoms with Gasteiger partial charge in [-0.3, -0.25) is 4.79 Å². The monoisotopic (exact) mass is 401 g/mol. The summed E-state index contributed by atoms with van der Waals surface area (Å²) in [6.07, 6.45) is 4.81. The highest BCUT2D eigenvalue weighted by Gasteiger charge is 2.29. The highest BCUT2D eigenvalue weighted by Crippen LogP contribution is 2.23. The van der Waals surface area contributed by atoms with Crippen molar-refractivity contribution in [2.24, 2.45) is 0 Å². The lowest BCUT2D eigenvalue weighted by molar-refractivity contribution is -0.117. The van der Waals surface area contributed by atoms with E-state index in [1.54, 1.807) is 12.1 Å². The van der Waals surface area contributed by atoms with Crippen molar-refractivity contribution in [2.75, 3.05) is 13.1 Å². The molecule has 28 heavy (non-hydrogen) atoms. The van der Waals surface area contributed by atoms with Gasteiger partial charge in [0.25, 0.3) is 0 Å². The normalized spacial score (nSPS) is 18.1. The standard InChI is InChI=1S/C20H23N3O4S/c1-2-19(24)22-16-8-6-7-13-23(15-16)28(25,26)18-11-12-20(21-14-18)27-17-9-4-3-5-10-17/h2-5,9-12,14,16H,1,6-8,13,15H2,(H,22,24). The van der Waals surface area contributed by atoms with E-state index in [0.29, 0.717) is 18.2 Å². The summed E-state index contributed by atoms with van der Waals surface area (Å²) in [5.74, 6) is 0.643. The molecule has 1 aromatic carbocycles. The third kappa shape index (κ3) is 4.96. The zero-order valence-electron chi connectivity index (χ0n) is 15.5. The first-order valence-electron chi connectivity index (χ1n) is 9.11. The van der Waals surface area contributed by atoms with E-state index < -0.39 is 10.0 Å². The lowest BCUT2D eigenvalue weighted by Crippen LogP contribution is -2.44. The number of benzene rings is 1. The average molecular weight is 401 g/mol. The van der Waals surface area contributed by atoms with E-state index >= 15 is 0 Å². The minimum Gasteiger partial charge on any atom is -0.439 e. The Morgan fingerprint density at radius 1 is 1.21 bits per heavy atom. The number of sulfonamides is 1. The molecule has 1 amide bonds. The van der Waals surface area contributed by atoms with Crippen LogP contribution in [0.25, 0.3) is 0 Å². The number of nitrogens with one attached hydrogen (secondary N) is 1. The molecule has 3 rings (SSSR count). The van der Waals surface area contributed by atoms with Crippen LogP contribution in [0.3, 0.4) is 0 Å². The van der Waals surface area contributed by atoms with Gasteiger partial charge in [-0.15, -0.1) is 0 Å². The second-order valence-electron chi connectivity index (χ2n) is 6.52. The van der Waals surface area contributed by atoms with Crippen LogP contribution >= 0.6 is 0 Å². The molecule has 1 unspecified atom stereocenters. The SMILES string of the molecule is C=CC(=O)NC1CCCCN(S(=O)(=O)c2ccc(Oc3ccccc3)nc2)C1. The number of amides is 1. The summed E-state index contributed by atoms with van der Waals surface area (Å²) in [6, 6.07) is 11.9. The summed E-state index contributed by atoms with van der Waals surface area (Å²) in [4.78, 5) is 15.8. The van der Waals surface area contributed by atoms with Gasteiger partial charge >= 0.3 is 0 Å². The molecule has 2 heterocycles. The first-order valence-corrected chi connectivity index (χ1v) is 10.5. The van der Waals surface area contributed by atoms with Gasteiger partial charge in [-0.2, -0.15) is 4.31 Å². The molecule has 0 radical (unpaired) electrons. The van der Waals surface area contributed by atoms with Crippen molar-refractivity contribution in [2.45, 2.75) is 30.2 Å². The molecule has 1 aromatic heterocycles. The highest BCUT2D eigenvalue weighted by molar-refractivity contribution is 7.89. The summed E-state index contributed by atoms with van der Waals surface area (Å²) in [7, 11) is -3.71. The van der Waals surface area contributed by atoms with Crippen LogP contribution < -0.4 is 10.1 Å². The largest absolute Gasteiger partial charge is 0.439 e. The van der Waals surface area contributed by atoms with Crippen LogP contribution in [-0.4, -0.2) is 42.7 Å². The van der Waals surface area contributed by atoms with Crippen molar-refractivity contribution in [3.8, 4) is 11.6 Å². The first kappa shape index (κ1) is 20.0. The quantitative estimate of drug-likeness (QED) is 0.752. The smallest absolute Gasteiger partial charge is 0.244 e. The van der Waals surface area contributed by atoms with Crippen LogP contribution in [0.5, 0.6) is 11.6 Å². The Hall–Kier alpha value is -2.71. The van der Waals surface area contributed by atoms with Crippen LogP contribution in [0, 0.1) is 0 Å². The zero-order chi connectivity index (χ0) is 20.0. The molecular weight excluding hydrogens is 378 g/mol. The van der Waals surface area contributed by atoms with E-state index in [4.69, 9.17) is 4.74 Å². The number of carbonyl (C=O) groups excluding carboxylic acids is 1. The number of rotatable bonds is 6. The van der Waals surface area contributed by atoms with Crippen LogP contribution in [0.1, 0.15) is 19.3 Å². The minimum absolute atomic E-state index is 0.101. The van der Waals surface area contributed by atoms with E-state index in [1.807, 2.05) is 18.2 Å². The molecule has 8 heteroatoms. The number of nitrogens with zero attached hydrogens (tertiary/aromatic N) is 2. The zero-order valence-corrected chi connectivity index (χ0v) is 16.3. The predicted octanol–water partition coefficient (Wildman–Crippen LogP) is 2.72. The molecule has 0 bridgehead atoms. The molecule has 0 spiro atoms. The molecule has 1 aliphatic rings. The summed E-state index contributed by atoms with van der Waals surface area (Å²) < 4.78 is 33.1. The number of aromatic nitrogens is 1. The Bertz CT molecular complexity index is 914. The second kappa shape index (κ2) is 8.99. The van der Waals surface area contributed by atoms with E-state index in [-0.39, 0.29) is 23.4 Å². The first-order chi connectivity index (χ1) is 13.5. The number of ether oxygens (including phenoxy) is 1. The molecule has 0 aliphatic carbocycles. The molecule has 1 N–H and O–H groups in total. The molecule has 2 aromatic rings. The molecule has 148 valence electrons. The van der Waals surface area contributed by atoms with Gasteiger partial charge in [-0.05, 0) is 37.1 Å².